The Bertz CT molecular complexity index is 1130. The highest BCUT2D eigenvalue weighted by Crippen LogP contribution is 2.25. The van der Waals surface area contributed by atoms with E-state index in [9.17, 15) is 9.59 Å². The van der Waals surface area contributed by atoms with Crippen LogP contribution in [0.4, 0.5) is 0 Å². The summed E-state index contributed by atoms with van der Waals surface area (Å²) >= 11 is 0. The van der Waals surface area contributed by atoms with Gasteiger partial charge in [0.1, 0.15) is 11.7 Å². The van der Waals surface area contributed by atoms with Crippen LogP contribution in [-0.4, -0.2) is 62.5 Å². The van der Waals surface area contributed by atoms with Gasteiger partial charge in [0.2, 0.25) is 5.91 Å². The van der Waals surface area contributed by atoms with Crippen LogP contribution < -0.4 is 0 Å². The van der Waals surface area contributed by atoms with Gasteiger partial charge in [-0.3, -0.25) is 19.7 Å². The quantitative estimate of drug-likeness (QED) is 0.649. The number of hydrogen-bond acceptors (Lipinski definition) is 4. The third-order valence-electron chi connectivity index (χ3n) is 6.20. The summed E-state index contributed by atoms with van der Waals surface area (Å²) in [6, 6.07) is 13.3. The summed E-state index contributed by atoms with van der Waals surface area (Å²) in [5, 5.41) is 7.26. The van der Waals surface area contributed by atoms with E-state index in [-0.39, 0.29) is 17.2 Å². The first-order valence-electron chi connectivity index (χ1n) is 11.4. The molecule has 1 aliphatic heterocycles. The lowest BCUT2D eigenvalue weighted by Gasteiger charge is -2.40. The van der Waals surface area contributed by atoms with Gasteiger partial charge in [0.15, 0.2) is 0 Å². The van der Waals surface area contributed by atoms with Gasteiger partial charge >= 0.3 is 0 Å². The van der Waals surface area contributed by atoms with Gasteiger partial charge in [0.25, 0.3) is 5.91 Å². The van der Waals surface area contributed by atoms with Crippen molar-refractivity contribution in [2.45, 2.75) is 45.6 Å². The van der Waals surface area contributed by atoms with Crippen LogP contribution in [-0.2, 0) is 16.6 Å². The number of carbonyl (C=O) groups excluding carboxylic acids is 2. The van der Waals surface area contributed by atoms with Gasteiger partial charge in [-0.2, -0.15) is 5.10 Å². The van der Waals surface area contributed by atoms with Crippen LogP contribution in [0.3, 0.4) is 0 Å². The fourth-order valence-corrected chi connectivity index (χ4v) is 4.20. The van der Waals surface area contributed by atoms with Gasteiger partial charge in [-0.1, -0.05) is 45.0 Å². The molecule has 1 aromatic carbocycles. The summed E-state index contributed by atoms with van der Waals surface area (Å²) in [7, 11) is 0. The molecule has 2 aromatic heterocycles. The zero-order valence-corrected chi connectivity index (χ0v) is 19.7. The molecule has 1 atom stereocenters. The second kappa shape index (κ2) is 9.17. The SMILES string of the molecule is CCN1CCN(C(=O)c2cc(C(C)(C)C)[nH]n2)C(Cc2cccc(-c3ccncc3)c2)C1=O. The maximum absolute atomic E-state index is 13.4. The summed E-state index contributed by atoms with van der Waals surface area (Å²) in [5.41, 5.74) is 4.24. The van der Waals surface area contributed by atoms with Gasteiger partial charge in [-0.25, -0.2) is 0 Å². The monoisotopic (exact) mass is 445 g/mol. The van der Waals surface area contributed by atoms with Crippen LogP contribution in [0.15, 0.2) is 54.9 Å². The highest BCUT2D eigenvalue weighted by molar-refractivity contribution is 5.97. The highest BCUT2D eigenvalue weighted by Gasteiger charge is 2.38. The number of aromatic nitrogens is 3. The molecule has 1 N–H and O–H groups in total. The first-order valence-corrected chi connectivity index (χ1v) is 11.4. The second-order valence-corrected chi connectivity index (χ2v) is 9.49. The minimum absolute atomic E-state index is 0.0157. The third kappa shape index (κ3) is 4.82. The van der Waals surface area contributed by atoms with Gasteiger partial charge in [0.05, 0.1) is 0 Å². The number of nitrogens with zero attached hydrogens (tertiary/aromatic N) is 4. The summed E-state index contributed by atoms with van der Waals surface area (Å²) in [4.78, 5) is 34.4. The molecule has 3 heterocycles. The van der Waals surface area contributed by atoms with Crippen LogP contribution >= 0.6 is 0 Å². The summed E-state index contributed by atoms with van der Waals surface area (Å²) in [6.07, 6.45) is 3.99. The van der Waals surface area contributed by atoms with Crippen molar-refractivity contribution in [2.24, 2.45) is 0 Å². The molecular formula is C26H31N5O2. The fraction of sp³-hybridized carbons (Fsp3) is 0.385. The molecule has 3 aromatic rings. The zero-order valence-electron chi connectivity index (χ0n) is 19.7. The summed E-state index contributed by atoms with van der Waals surface area (Å²) < 4.78 is 0. The van der Waals surface area contributed by atoms with Gasteiger partial charge in [-0.15, -0.1) is 0 Å². The number of piperazine rings is 1. The summed E-state index contributed by atoms with van der Waals surface area (Å²) in [5.74, 6) is -0.223. The van der Waals surface area contributed by atoms with Crippen LogP contribution in [0.25, 0.3) is 11.1 Å². The molecule has 1 fully saturated rings. The normalized spacial score (nSPS) is 16.8. The van der Waals surface area contributed by atoms with Crippen LogP contribution in [0.5, 0.6) is 0 Å². The molecular weight excluding hydrogens is 414 g/mol. The van der Waals surface area contributed by atoms with E-state index >= 15 is 0 Å². The first-order chi connectivity index (χ1) is 15.8. The third-order valence-corrected chi connectivity index (χ3v) is 6.20. The Balaban J connectivity index is 1.62. The highest BCUT2D eigenvalue weighted by atomic mass is 16.2. The lowest BCUT2D eigenvalue weighted by atomic mass is 9.92. The number of hydrogen-bond donors (Lipinski definition) is 1. The molecule has 0 bridgehead atoms. The zero-order chi connectivity index (χ0) is 23.6. The summed E-state index contributed by atoms with van der Waals surface area (Å²) in [6.45, 7) is 9.82. The van der Waals surface area contributed by atoms with E-state index in [4.69, 9.17) is 0 Å². The van der Waals surface area contributed by atoms with Crippen LogP contribution in [0.1, 0.15) is 49.4 Å². The van der Waals surface area contributed by atoms with Gasteiger partial charge in [0, 0.05) is 49.6 Å². The predicted octanol–water partition coefficient (Wildman–Crippen LogP) is 3.68. The lowest BCUT2D eigenvalue weighted by Crippen LogP contribution is -2.59. The van der Waals surface area contributed by atoms with E-state index in [0.29, 0.717) is 31.7 Å². The van der Waals surface area contributed by atoms with Gasteiger partial charge in [-0.05, 0) is 41.8 Å². The average molecular weight is 446 g/mol. The number of nitrogens with one attached hydrogen (secondary N) is 1. The smallest absolute Gasteiger partial charge is 0.275 e. The van der Waals surface area contributed by atoms with Crippen molar-refractivity contribution >= 4 is 11.8 Å². The molecule has 0 aliphatic carbocycles. The Kier molecular flexibility index (Phi) is 6.31. The number of benzene rings is 1. The maximum atomic E-state index is 13.4. The minimum Gasteiger partial charge on any atom is -0.339 e. The van der Waals surface area contributed by atoms with Crippen molar-refractivity contribution in [3.63, 3.8) is 0 Å². The van der Waals surface area contributed by atoms with Crippen molar-refractivity contribution in [3.8, 4) is 11.1 Å². The molecule has 1 unspecified atom stereocenters. The number of carbonyl (C=O) groups is 2. The van der Waals surface area contributed by atoms with E-state index in [0.717, 1.165) is 22.4 Å². The molecule has 7 nitrogen and oxygen atoms in total. The largest absolute Gasteiger partial charge is 0.339 e. The number of pyridine rings is 1. The predicted molar refractivity (Wildman–Crippen MR) is 128 cm³/mol. The Labute approximate surface area is 194 Å². The molecule has 7 heteroatoms. The van der Waals surface area contributed by atoms with Crippen molar-refractivity contribution in [1.29, 1.82) is 0 Å². The molecule has 0 radical (unpaired) electrons. The Morgan fingerprint density at radius 2 is 1.85 bits per heavy atom. The molecule has 4 rings (SSSR count). The first kappa shape index (κ1) is 22.7. The standard InChI is InChI=1S/C26H31N5O2/c1-5-30-13-14-31(24(32)21-17-23(29-28-21)26(2,3)4)22(25(30)33)16-18-7-6-8-20(15-18)19-9-11-27-12-10-19/h6-12,15,17,22H,5,13-14,16H2,1-4H3,(H,28,29). The molecule has 2 amide bonds. The van der Waals surface area contributed by atoms with Gasteiger partial charge < -0.3 is 9.80 Å². The number of likely N-dealkylation sites (N-methyl/N-ethyl adjacent to an activating group) is 1. The Morgan fingerprint density at radius 1 is 1.09 bits per heavy atom. The average Bonchev–Trinajstić information content (AvgIpc) is 3.32. The van der Waals surface area contributed by atoms with Crippen molar-refractivity contribution in [3.05, 3.63) is 71.8 Å². The van der Waals surface area contributed by atoms with Crippen molar-refractivity contribution in [1.82, 2.24) is 25.0 Å². The Morgan fingerprint density at radius 3 is 2.52 bits per heavy atom. The molecule has 0 saturated carbocycles. The van der Waals surface area contributed by atoms with Crippen molar-refractivity contribution in [2.75, 3.05) is 19.6 Å². The fourth-order valence-electron chi connectivity index (χ4n) is 4.20. The van der Waals surface area contributed by atoms with E-state index in [1.165, 1.54) is 0 Å². The number of H-pyrrole nitrogens is 1. The number of rotatable bonds is 5. The number of amides is 2. The van der Waals surface area contributed by atoms with Crippen LogP contribution in [0.2, 0.25) is 0 Å². The minimum atomic E-state index is -0.561. The molecule has 33 heavy (non-hydrogen) atoms. The Hall–Kier alpha value is -3.48. The topological polar surface area (TPSA) is 82.2 Å². The second-order valence-electron chi connectivity index (χ2n) is 9.49. The van der Waals surface area contributed by atoms with Crippen molar-refractivity contribution < 1.29 is 9.59 Å². The van der Waals surface area contributed by atoms with E-state index < -0.39 is 6.04 Å². The van der Waals surface area contributed by atoms with E-state index in [1.807, 2.05) is 42.2 Å². The number of aromatic amines is 1. The maximum Gasteiger partial charge on any atom is 0.275 e. The van der Waals surface area contributed by atoms with Crippen LogP contribution in [0, 0.1) is 0 Å². The molecule has 1 saturated heterocycles. The molecule has 1 aliphatic rings. The lowest BCUT2D eigenvalue weighted by molar-refractivity contribution is -0.139. The van der Waals surface area contributed by atoms with E-state index in [2.05, 4.69) is 42.0 Å². The molecule has 0 spiro atoms. The molecule has 172 valence electrons. The van der Waals surface area contributed by atoms with E-state index in [1.54, 1.807) is 23.4 Å².